The van der Waals surface area contributed by atoms with Crippen LogP contribution in [0.2, 0.25) is 0 Å². The molecule has 3 atom stereocenters. The lowest BCUT2D eigenvalue weighted by molar-refractivity contribution is 0.0919. The summed E-state index contributed by atoms with van der Waals surface area (Å²) in [7, 11) is 3.91. The fourth-order valence-electron chi connectivity index (χ4n) is 3.58. The monoisotopic (exact) mass is 300 g/mol. The number of nitrogens with zero attached hydrogens (tertiary/aromatic N) is 3. The minimum Gasteiger partial charge on any atom is -0.460 e. The number of furan rings is 1. The number of carbonyl (C=O) groups excluding carboxylic acids is 1. The number of fused-ring (bicyclic) bond motifs is 3. The first kappa shape index (κ1) is 13.6. The molecule has 6 heteroatoms. The summed E-state index contributed by atoms with van der Waals surface area (Å²) >= 11 is 0. The highest BCUT2D eigenvalue weighted by Crippen LogP contribution is 2.29. The predicted molar refractivity (Wildman–Crippen MR) is 84.1 cm³/mol. The standard InChI is InChI=1S/C16H20N4O2/c1-19(2)14-9-22-15-6-17-12(5-11(14)15)16(21)18-13-8-20-4-3-10(13)7-20/h5-6,9-10,13H,3-4,7-8H2,1-2H3,(H,18,21). The SMILES string of the molecule is CN(C)c1coc2cnc(C(=O)NC3CN4CCC3C4)cc12. The zero-order chi connectivity index (χ0) is 15.3. The molecule has 0 saturated carbocycles. The first-order valence-corrected chi connectivity index (χ1v) is 7.69. The molecule has 2 bridgehead atoms. The van der Waals surface area contributed by atoms with E-state index < -0.39 is 0 Å². The Labute approximate surface area is 129 Å². The van der Waals surface area contributed by atoms with Gasteiger partial charge in [0.05, 0.1) is 11.9 Å². The van der Waals surface area contributed by atoms with Gasteiger partial charge in [-0.05, 0) is 24.9 Å². The summed E-state index contributed by atoms with van der Waals surface area (Å²) < 4.78 is 5.48. The molecule has 2 fully saturated rings. The number of anilines is 1. The van der Waals surface area contributed by atoms with Crippen molar-refractivity contribution < 1.29 is 9.21 Å². The third-order valence-corrected chi connectivity index (χ3v) is 4.80. The summed E-state index contributed by atoms with van der Waals surface area (Å²) in [6.07, 6.45) is 4.50. The summed E-state index contributed by atoms with van der Waals surface area (Å²) in [6, 6.07) is 2.08. The molecule has 4 rings (SSSR count). The van der Waals surface area contributed by atoms with Crippen molar-refractivity contribution in [1.29, 1.82) is 0 Å². The van der Waals surface area contributed by atoms with Crippen LogP contribution >= 0.6 is 0 Å². The van der Waals surface area contributed by atoms with Gasteiger partial charge in [-0.3, -0.25) is 4.79 Å². The third kappa shape index (κ3) is 2.14. The third-order valence-electron chi connectivity index (χ3n) is 4.80. The second-order valence-electron chi connectivity index (χ2n) is 6.47. The van der Waals surface area contributed by atoms with Crippen LogP contribution in [-0.4, -0.2) is 55.6 Å². The second kappa shape index (κ2) is 4.98. The molecule has 1 N–H and O–H groups in total. The van der Waals surface area contributed by atoms with Crippen molar-refractivity contribution in [1.82, 2.24) is 15.2 Å². The molecule has 0 spiro atoms. The number of hydrogen-bond donors (Lipinski definition) is 1. The van der Waals surface area contributed by atoms with Gasteiger partial charge in [0, 0.05) is 38.6 Å². The number of aromatic nitrogens is 1. The average Bonchev–Trinajstić information content (AvgIpc) is 3.20. The summed E-state index contributed by atoms with van der Waals surface area (Å²) in [5.41, 5.74) is 2.11. The van der Waals surface area contributed by atoms with Gasteiger partial charge < -0.3 is 19.5 Å². The molecule has 2 saturated heterocycles. The Hall–Kier alpha value is -2.08. The van der Waals surface area contributed by atoms with Crippen LogP contribution in [0.5, 0.6) is 0 Å². The van der Waals surface area contributed by atoms with Crippen LogP contribution in [0, 0.1) is 5.92 Å². The van der Waals surface area contributed by atoms with Crippen LogP contribution in [0.4, 0.5) is 5.69 Å². The Morgan fingerprint density at radius 1 is 1.45 bits per heavy atom. The zero-order valence-electron chi connectivity index (χ0n) is 12.9. The Morgan fingerprint density at radius 3 is 3.00 bits per heavy atom. The van der Waals surface area contributed by atoms with Crippen LogP contribution in [0.3, 0.4) is 0 Å². The largest absolute Gasteiger partial charge is 0.460 e. The molecule has 2 aromatic heterocycles. The van der Waals surface area contributed by atoms with Crippen LogP contribution in [-0.2, 0) is 0 Å². The van der Waals surface area contributed by atoms with E-state index in [0.29, 0.717) is 17.2 Å². The van der Waals surface area contributed by atoms with E-state index in [1.165, 1.54) is 13.0 Å². The van der Waals surface area contributed by atoms with Gasteiger partial charge >= 0.3 is 0 Å². The fourth-order valence-corrected chi connectivity index (χ4v) is 3.58. The van der Waals surface area contributed by atoms with Crippen molar-refractivity contribution in [2.45, 2.75) is 12.5 Å². The molecule has 4 heterocycles. The highest BCUT2D eigenvalue weighted by atomic mass is 16.3. The average molecular weight is 300 g/mol. The molecular weight excluding hydrogens is 280 g/mol. The quantitative estimate of drug-likeness (QED) is 0.926. The molecule has 0 aromatic carbocycles. The van der Waals surface area contributed by atoms with Gasteiger partial charge in [0.25, 0.3) is 5.91 Å². The smallest absolute Gasteiger partial charge is 0.270 e. The van der Waals surface area contributed by atoms with E-state index in [4.69, 9.17) is 4.42 Å². The van der Waals surface area contributed by atoms with Crippen LogP contribution in [0.1, 0.15) is 16.9 Å². The molecule has 22 heavy (non-hydrogen) atoms. The van der Waals surface area contributed by atoms with E-state index in [-0.39, 0.29) is 11.9 Å². The lowest BCUT2D eigenvalue weighted by Gasteiger charge is -2.22. The number of amides is 1. The van der Waals surface area contributed by atoms with Gasteiger partial charge in [0.1, 0.15) is 12.0 Å². The molecular formula is C16H20N4O2. The van der Waals surface area contributed by atoms with Crippen molar-refractivity contribution in [2.75, 3.05) is 38.6 Å². The van der Waals surface area contributed by atoms with Crippen LogP contribution in [0.15, 0.2) is 22.9 Å². The zero-order valence-corrected chi connectivity index (χ0v) is 12.9. The van der Waals surface area contributed by atoms with E-state index in [1.54, 1.807) is 12.5 Å². The van der Waals surface area contributed by atoms with E-state index in [2.05, 4.69) is 15.2 Å². The normalized spacial score (nSPS) is 26.5. The van der Waals surface area contributed by atoms with E-state index in [9.17, 15) is 4.79 Å². The Morgan fingerprint density at radius 2 is 2.32 bits per heavy atom. The van der Waals surface area contributed by atoms with Gasteiger partial charge in [0.2, 0.25) is 0 Å². The molecule has 1 amide bonds. The lowest BCUT2D eigenvalue weighted by atomic mass is 10.00. The Balaban J connectivity index is 1.57. The van der Waals surface area contributed by atoms with Crippen molar-refractivity contribution >= 4 is 22.6 Å². The predicted octanol–water partition coefficient (Wildman–Crippen LogP) is 1.33. The molecule has 2 aromatic rings. The van der Waals surface area contributed by atoms with Crippen LogP contribution < -0.4 is 10.2 Å². The number of carbonyl (C=O) groups is 1. The minimum atomic E-state index is -0.0912. The molecule has 0 radical (unpaired) electrons. The molecule has 116 valence electrons. The van der Waals surface area contributed by atoms with E-state index in [1.807, 2.05) is 25.1 Å². The molecule has 6 nitrogen and oxygen atoms in total. The number of nitrogens with one attached hydrogen (secondary N) is 1. The maximum absolute atomic E-state index is 12.5. The number of rotatable bonds is 3. The number of piperidine rings is 1. The Kier molecular flexibility index (Phi) is 3.07. The lowest BCUT2D eigenvalue weighted by Crippen LogP contribution is -2.43. The summed E-state index contributed by atoms with van der Waals surface area (Å²) in [5, 5.41) is 4.06. The van der Waals surface area contributed by atoms with Crippen molar-refractivity contribution in [3.63, 3.8) is 0 Å². The maximum atomic E-state index is 12.5. The topological polar surface area (TPSA) is 61.6 Å². The fraction of sp³-hybridized carbons (Fsp3) is 0.500. The molecule has 3 unspecified atom stereocenters. The van der Waals surface area contributed by atoms with Crippen LogP contribution in [0.25, 0.3) is 11.0 Å². The van der Waals surface area contributed by atoms with Gasteiger partial charge in [-0.1, -0.05) is 0 Å². The van der Waals surface area contributed by atoms with Gasteiger partial charge in [-0.25, -0.2) is 4.98 Å². The Bertz CT molecular complexity index is 724. The second-order valence-corrected chi connectivity index (χ2v) is 6.47. The van der Waals surface area contributed by atoms with Gasteiger partial charge in [0.15, 0.2) is 5.58 Å². The first-order valence-electron chi connectivity index (χ1n) is 7.69. The summed E-state index contributed by atoms with van der Waals surface area (Å²) in [4.78, 5) is 21.1. The minimum absolute atomic E-state index is 0.0912. The molecule has 2 aliphatic rings. The summed E-state index contributed by atoms with van der Waals surface area (Å²) in [5.74, 6) is 0.505. The van der Waals surface area contributed by atoms with Crippen molar-refractivity contribution in [3.8, 4) is 0 Å². The van der Waals surface area contributed by atoms with E-state index in [0.717, 1.165) is 24.2 Å². The molecule has 0 aliphatic carbocycles. The molecule has 2 aliphatic heterocycles. The first-order chi connectivity index (χ1) is 10.6. The van der Waals surface area contributed by atoms with Gasteiger partial charge in [-0.2, -0.15) is 0 Å². The van der Waals surface area contributed by atoms with E-state index >= 15 is 0 Å². The highest BCUT2D eigenvalue weighted by Gasteiger charge is 2.38. The number of pyridine rings is 1. The summed E-state index contributed by atoms with van der Waals surface area (Å²) in [6.45, 7) is 3.25. The highest BCUT2D eigenvalue weighted by molar-refractivity contribution is 5.99. The number of hydrogen-bond acceptors (Lipinski definition) is 5. The van der Waals surface area contributed by atoms with Crippen molar-refractivity contribution in [2.24, 2.45) is 5.92 Å². The maximum Gasteiger partial charge on any atom is 0.270 e. The van der Waals surface area contributed by atoms with Gasteiger partial charge in [-0.15, -0.1) is 0 Å². The van der Waals surface area contributed by atoms with Crippen molar-refractivity contribution in [3.05, 3.63) is 24.2 Å².